The van der Waals surface area contributed by atoms with E-state index >= 15 is 0 Å². The lowest BCUT2D eigenvalue weighted by Crippen LogP contribution is -2.39. The number of anilines is 3. The number of phenols is 1. The quantitative estimate of drug-likeness (QED) is 0.255. The van der Waals surface area contributed by atoms with E-state index in [1.807, 2.05) is 0 Å². The number of benzene rings is 1. The normalized spacial score (nSPS) is 13.1. The molecule has 4 N–H and O–H groups in total. The lowest BCUT2D eigenvalue weighted by Gasteiger charge is -2.21. The third kappa shape index (κ3) is 3.84. The Morgan fingerprint density at radius 1 is 1.25 bits per heavy atom. The highest BCUT2D eigenvalue weighted by Gasteiger charge is 2.30. The van der Waals surface area contributed by atoms with Gasteiger partial charge in [0.1, 0.15) is 16.3 Å². The molecule has 0 aliphatic rings. The zero-order valence-corrected chi connectivity index (χ0v) is 16.9. The molecule has 2 rings (SSSR count). The SMILES string of the molecule is CC[C@H](CO)Nc1c(Nc2ccc(Cl)c(S(=O)(=O)N(C)OC)c2O)c(=O)c1=O. The maximum absolute atomic E-state index is 12.5. The van der Waals surface area contributed by atoms with Crippen LogP contribution < -0.4 is 21.5 Å². The van der Waals surface area contributed by atoms with Crippen molar-refractivity contribution in [2.75, 3.05) is 31.4 Å². The summed E-state index contributed by atoms with van der Waals surface area (Å²) in [5.74, 6) is -0.746. The van der Waals surface area contributed by atoms with Crippen LogP contribution in [0.3, 0.4) is 0 Å². The number of sulfonamides is 1. The summed E-state index contributed by atoms with van der Waals surface area (Å²) in [5.41, 5.74) is -1.99. The van der Waals surface area contributed by atoms with Crippen molar-refractivity contribution in [2.45, 2.75) is 24.3 Å². The average Bonchev–Trinajstić information content (AvgIpc) is 2.67. The highest BCUT2D eigenvalue weighted by atomic mass is 35.5. The molecule has 0 aromatic heterocycles. The zero-order chi connectivity index (χ0) is 21.2. The summed E-state index contributed by atoms with van der Waals surface area (Å²) < 4.78 is 25.5. The third-order valence-corrected chi connectivity index (χ3v) is 6.35. The second kappa shape index (κ2) is 8.45. The van der Waals surface area contributed by atoms with E-state index in [1.54, 1.807) is 6.92 Å². The van der Waals surface area contributed by atoms with Crippen LogP contribution in [0.1, 0.15) is 13.3 Å². The Balaban J connectivity index is 2.48. The van der Waals surface area contributed by atoms with Gasteiger partial charge in [-0.2, -0.15) is 0 Å². The van der Waals surface area contributed by atoms with Crippen LogP contribution >= 0.6 is 11.6 Å². The first-order chi connectivity index (χ1) is 13.1. The fourth-order valence-corrected chi connectivity index (χ4v) is 3.95. The number of aliphatic hydroxyl groups excluding tert-OH is 1. The number of halogens is 1. The van der Waals surface area contributed by atoms with Crippen molar-refractivity contribution in [3.63, 3.8) is 0 Å². The van der Waals surface area contributed by atoms with Crippen LogP contribution in [0.5, 0.6) is 5.75 Å². The summed E-state index contributed by atoms with van der Waals surface area (Å²) in [7, 11) is -2.05. The Morgan fingerprint density at radius 2 is 1.86 bits per heavy atom. The van der Waals surface area contributed by atoms with Crippen LogP contribution in [-0.4, -0.2) is 49.9 Å². The van der Waals surface area contributed by atoms with Crippen LogP contribution in [0.25, 0.3) is 0 Å². The van der Waals surface area contributed by atoms with Gasteiger partial charge in [-0.25, -0.2) is 8.42 Å². The lowest BCUT2D eigenvalue weighted by molar-refractivity contribution is -0.0259. The van der Waals surface area contributed by atoms with E-state index in [9.17, 15) is 28.2 Å². The van der Waals surface area contributed by atoms with E-state index < -0.39 is 37.6 Å². The Hall–Kier alpha value is -2.18. The summed E-state index contributed by atoms with van der Waals surface area (Å²) in [6, 6.07) is 2.02. The number of nitrogens with zero attached hydrogens (tertiary/aromatic N) is 1. The van der Waals surface area contributed by atoms with Crippen molar-refractivity contribution in [2.24, 2.45) is 0 Å². The standard InChI is InChI=1S/C16H20ClN3O7S/c1-4-8(7-21)18-11-12(15(24)14(11)23)19-10-6-5-9(17)16(13(10)22)28(25,26)20(2)27-3/h5-6,8,18-19,21-22H,4,7H2,1-3H3/t8-/m1/s1. The van der Waals surface area contributed by atoms with E-state index in [2.05, 4.69) is 15.5 Å². The maximum Gasteiger partial charge on any atom is 0.269 e. The molecule has 0 unspecified atom stereocenters. The van der Waals surface area contributed by atoms with E-state index in [-0.39, 0.29) is 28.7 Å². The number of aliphatic hydroxyl groups is 1. The number of aromatic hydroxyl groups is 1. The molecular formula is C16H20ClN3O7S. The fourth-order valence-electron chi connectivity index (χ4n) is 2.38. The molecule has 0 radical (unpaired) electrons. The predicted molar refractivity (Wildman–Crippen MR) is 104 cm³/mol. The average molecular weight is 434 g/mol. The molecule has 12 heteroatoms. The molecule has 0 bridgehead atoms. The first-order valence-corrected chi connectivity index (χ1v) is 9.94. The van der Waals surface area contributed by atoms with Gasteiger partial charge in [0.25, 0.3) is 20.9 Å². The van der Waals surface area contributed by atoms with Crippen molar-refractivity contribution in [3.05, 3.63) is 37.6 Å². The molecule has 28 heavy (non-hydrogen) atoms. The minimum Gasteiger partial charge on any atom is -0.504 e. The number of hydrogen-bond acceptors (Lipinski definition) is 9. The molecule has 0 aliphatic heterocycles. The van der Waals surface area contributed by atoms with Crippen molar-refractivity contribution in [1.29, 1.82) is 0 Å². The Labute approximate surface area is 166 Å². The number of nitrogens with one attached hydrogen (secondary N) is 2. The van der Waals surface area contributed by atoms with Gasteiger partial charge in [-0.05, 0) is 18.6 Å². The number of hydroxylamine groups is 1. The summed E-state index contributed by atoms with van der Waals surface area (Å²) in [6.45, 7) is 1.52. The molecule has 10 nitrogen and oxygen atoms in total. The fraction of sp³-hybridized carbons (Fsp3) is 0.375. The van der Waals surface area contributed by atoms with Crippen LogP contribution in [0.15, 0.2) is 26.6 Å². The zero-order valence-electron chi connectivity index (χ0n) is 15.3. The van der Waals surface area contributed by atoms with Gasteiger partial charge in [-0.1, -0.05) is 23.0 Å². The van der Waals surface area contributed by atoms with Gasteiger partial charge in [-0.3, -0.25) is 14.4 Å². The van der Waals surface area contributed by atoms with E-state index in [4.69, 9.17) is 11.6 Å². The molecule has 2 aromatic rings. The lowest BCUT2D eigenvalue weighted by atomic mass is 10.1. The minimum absolute atomic E-state index is 0.0568. The molecule has 0 spiro atoms. The topological polar surface area (TPSA) is 145 Å². The van der Waals surface area contributed by atoms with Gasteiger partial charge in [0.05, 0.1) is 24.4 Å². The van der Waals surface area contributed by atoms with Gasteiger partial charge in [0.15, 0.2) is 5.75 Å². The second-order valence-electron chi connectivity index (χ2n) is 5.84. The molecule has 0 saturated heterocycles. The molecule has 0 heterocycles. The molecule has 0 amide bonds. The minimum atomic E-state index is -4.29. The molecule has 0 aliphatic carbocycles. The third-order valence-electron chi connectivity index (χ3n) is 4.17. The van der Waals surface area contributed by atoms with E-state index in [0.717, 1.165) is 14.2 Å². The van der Waals surface area contributed by atoms with E-state index in [1.165, 1.54) is 12.1 Å². The maximum atomic E-state index is 12.5. The number of rotatable bonds is 9. The van der Waals surface area contributed by atoms with Gasteiger partial charge in [-0.15, -0.1) is 0 Å². The predicted octanol–water partition coefficient (Wildman–Crippen LogP) is 0.750. The second-order valence-corrected chi connectivity index (χ2v) is 8.12. The first-order valence-electron chi connectivity index (χ1n) is 8.12. The van der Waals surface area contributed by atoms with Crippen LogP contribution in [0.2, 0.25) is 5.02 Å². The highest BCUT2D eigenvalue weighted by Crippen LogP contribution is 2.39. The molecular weight excluding hydrogens is 414 g/mol. The van der Waals surface area contributed by atoms with Gasteiger partial charge < -0.3 is 20.8 Å². The Bertz CT molecular complexity index is 1040. The van der Waals surface area contributed by atoms with E-state index in [0.29, 0.717) is 10.9 Å². The smallest absolute Gasteiger partial charge is 0.269 e. The molecule has 2 aromatic carbocycles. The van der Waals surface area contributed by atoms with Crippen LogP contribution in [0, 0.1) is 0 Å². The largest absolute Gasteiger partial charge is 0.504 e. The molecule has 1 atom stereocenters. The number of phenolic OH excluding ortho intramolecular Hbond substituents is 1. The summed E-state index contributed by atoms with van der Waals surface area (Å²) in [6.07, 6.45) is 0.493. The van der Waals surface area contributed by atoms with Gasteiger partial charge >= 0.3 is 0 Å². The van der Waals surface area contributed by atoms with Crippen molar-refractivity contribution in [1.82, 2.24) is 4.47 Å². The van der Waals surface area contributed by atoms with Crippen molar-refractivity contribution < 1.29 is 23.5 Å². The summed E-state index contributed by atoms with van der Waals surface area (Å²) in [5, 5.41) is 24.7. The molecule has 0 fully saturated rings. The van der Waals surface area contributed by atoms with Crippen molar-refractivity contribution >= 4 is 38.7 Å². The Kier molecular flexibility index (Phi) is 6.67. The monoisotopic (exact) mass is 433 g/mol. The summed E-state index contributed by atoms with van der Waals surface area (Å²) in [4.78, 5) is 27.8. The number of hydrogen-bond donors (Lipinski definition) is 4. The van der Waals surface area contributed by atoms with Crippen molar-refractivity contribution in [3.8, 4) is 5.75 Å². The molecule has 0 saturated carbocycles. The van der Waals surface area contributed by atoms with Gasteiger partial charge in [0.2, 0.25) is 0 Å². The van der Waals surface area contributed by atoms with Crippen LogP contribution in [-0.2, 0) is 14.9 Å². The first kappa shape index (κ1) is 22.1. The molecule has 154 valence electrons. The van der Waals surface area contributed by atoms with Crippen LogP contribution in [0.4, 0.5) is 17.1 Å². The summed E-state index contributed by atoms with van der Waals surface area (Å²) >= 11 is 5.94. The highest BCUT2D eigenvalue weighted by molar-refractivity contribution is 7.89. The van der Waals surface area contributed by atoms with Gasteiger partial charge in [0, 0.05) is 13.1 Å². The Morgan fingerprint density at radius 3 is 2.39 bits per heavy atom.